The number of pyridine rings is 1. The van der Waals surface area contributed by atoms with Crippen LogP contribution >= 0.6 is 15.9 Å². The van der Waals surface area contributed by atoms with Crippen LogP contribution in [0.1, 0.15) is 12.8 Å². The maximum atomic E-state index is 11.6. The van der Waals surface area contributed by atoms with Gasteiger partial charge < -0.3 is 15.3 Å². The van der Waals surface area contributed by atoms with Crippen molar-refractivity contribution in [1.29, 1.82) is 0 Å². The topological polar surface area (TPSA) is 94.6 Å². The number of aliphatic carboxylic acids is 1. The van der Waals surface area contributed by atoms with Crippen molar-refractivity contribution in [2.75, 3.05) is 30.9 Å². The lowest BCUT2D eigenvalue weighted by Crippen LogP contribution is -2.30. The number of carbonyl (C=O) groups excluding carboxylic acids is 1. The van der Waals surface area contributed by atoms with Crippen LogP contribution in [0.15, 0.2) is 16.7 Å². The van der Waals surface area contributed by atoms with Gasteiger partial charge in [-0.15, -0.1) is 0 Å². The zero-order valence-electron chi connectivity index (χ0n) is 11.3. The Morgan fingerprint density at radius 2 is 2.15 bits per heavy atom. The number of amides is 2. The number of anilines is 2. The van der Waals surface area contributed by atoms with E-state index in [1.165, 1.54) is 0 Å². The first-order valence-corrected chi connectivity index (χ1v) is 6.79. The van der Waals surface area contributed by atoms with Crippen LogP contribution in [0.3, 0.4) is 0 Å². The Kier molecular flexibility index (Phi) is 6.23. The van der Waals surface area contributed by atoms with Crippen LogP contribution in [0, 0.1) is 0 Å². The lowest BCUT2D eigenvalue weighted by Gasteiger charge is -2.15. The molecule has 0 aromatic carbocycles. The number of hydrogen-bond acceptors (Lipinski definition) is 4. The van der Waals surface area contributed by atoms with Gasteiger partial charge in [-0.05, 0) is 22.4 Å². The summed E-state index contributed by atoms with van der Waals surface area (Å²) >= 11 is 3.37. The molecule has 0 spiro atoms. The van der Waals surface area contributed by atoms with Crippen LogP contribution in [-0.2, 0) is 4.79 Å². The minimum Gasteiger partial charge on any atom is -0.481 e. The molecule has 0 aliphatic rings. The van der Waals surface area contributed by atoms with Crippen molar-refractivity contribution in [3.63, 3.8) is 0 Å². The summed E-state index contributed by atoms with van der Waals surface area (Å²) in [5, 5.41) is 13.6. The van der Waals surface area contributed by atoms with Gasteiger partial charge in [0.15, 0.2) is 0 Å². The molecule has 110 valence electrons. The van der Waals surface area contributed by atoms with E-state index in [9.17, 15) is 9.59 Å². The van der Waals surface area contributed by atoms with Gasteiger partial charge in [0.2, 0.25) is 0 Å². The number of carboxylic acids is 1. The molecule has 2 amide bonds. The summed E-state index contributed by atoms with van der Waals surface area (Å²) in [6, 6.07) is 1.33. The molecule has 7 nitrogen and oxygen atoms in total. The van der Waals surface area contributed by atoms with Gasteiger partial charge >= 0.3 is 12.0 Å². The third-order valence-electron chi connectivity index (χ3n) is 2.41. The Hall–Kier alpha value is -1.83. The van der Waals surface area contributed by atoms with Crippen LogP contribution < -0.4 is 15.5 Å². The van der Waals surface area contributed by atoms with Crippen molar-refractivity contribution in [2.45, 2.75) is 12.8 Å². The minimum absolute atomic E-state index is 0.0294. The predicted octanol–water partition coefficient (Wildman–Crippen LogP) is 1.90. The van der Waals surface area contributed by atoms with Crippen molar-refractivity contribution >= 4 is 39.4 Å². The lowest BCUT2D eigenvalue weighted by molar-refractivity contribution is -0.137. The molecule has 0 fully saturated rings. The molecule has 20 heavy (non-hydrogen) atoms. The Labute approximate surface area is 125 Å². The van der Waals surface area contributed by atoms with Crippen molar-refractivity contribution in [3.05, 3.63) is 16.7 Å². The van der Waals surface area contributed by atoms with Gasteiger partial charge in [-0.2, -0.15) is 0 Å². The lowest BCUT2D eigenvalue weighted by atomic mass is 10.3. The number of hydrogen-bond donors (Lipinski definition) is 3. The Balaban J connectivity index is 2.49. The molecule has 0 saturated carbocycles. The molecule has 0 radical (unpaired) electrons. The second kappa shape index (κ2) is 7.68. The molecule has 8 heteroatoms. The number of nitrogens with one attached hydrogen (secondary N) is 2. The van der Waals surface area contributed by atoms with E-state index in [0.29, 0.717) is 18.8 Å². The molecular weight excluding hydrogens is 328 g/mol. The summed E-state index contributed by atoms with van der Waals surface area (Å²) in [5.74, 6) is -0.454. The first kappa shape index (κ1) is 16.2. The third kappa shape index (κ3) is 5.43. The Bertz CT molecular complexity index is 494. The first-order valence-electron chi connectivity index (χ1n) is 5.99. The Morgan fingerprint density at radius 3 is 2.75 bits per heavy atom. The summed E-state index contributed by atoms with van der Waals surface area (Å²) in [5.41, 5.74) is 0.890. The van der Waals surface area contributed by atoms with Crippen molar-refractivity contribution in [1.82, 2.24) is 10.3 Å². The van der Waals surface area contributed by atoms with Gasteiger partial charge in [0.1, 0.15) is 5.82 Å². The van der Waals surface area contributed by atoms with Gasteiger partial charge in [0.25, 0.3) is 0 Å². The van der Waals surface area contributed by atoms with E-state index in [2.05, 4.69) is 31.5 Å². The molecule has 0 saturated heterocycles. The van der Waals surface area contributed by atoms with Gasteiger partial charge in [-0.1, -0.05) is 0 Å². The maximum absolute atomic E-state index is 11.6. The number of aromatic nitrogens is 1. The molecule has 0 aliphatic carbocycles. The SMILES string of the molecule is CN(C)c1cc(NC(=O)NCCCC(=O)O)ncc1Br. The van der Waals surface area contributed by atoms with Crippen LogP contribution in [-0.4, -0.2) is 42.7 Å². The monoisotopic (exact) mass is 344 g/mol. The van der Waals surface area contributed by atoms with E-state index in [0.717, 1.165) is 10.2 Å². The van der Waals surface area contributed by atoms with Crippen molar-refractivity contribution in [3.8, 4) is 0 Å². The normalized spacial score (nSPS) is 9.95. The van der Waals surface area contributed by atoms with Gasteiger partial charge in [0, 0.05) is 39.3 Å². The van der Waals surface area contributed by atoms with Gasteiger partial charge in [0.05, 0.1) is 10.2 Å². The molecule has 0 aliphatic heterocycles. The highest BCUT2D eigenvalue weighted by Gasteiger charge is 2.07. The zero-order chi connectivity index (χ0) is 15.1. The molecule has 1 rings (SSSR count). The standard InChI is InChI=1S/C12H17BrN4O3/c1-17(2)9-6-10(15-7-8(9)13)16-12(20)14-5-3-4-11(18)19/h6-7H,3-5H2,1-2H3,(H,18,19)(H2,14,15,16,20). The summed E-state index contributed by atoms with van der Waals surface area (Å²) in [6.45, 7) is 0.301. The second-order valence-corrected chi connectivity index (χ2v) is 5.15. The highest BCUT2D eigenvalue weighted by atomic mass is 79.9. The molecule has 0 unspecified atom stereocenters. The summed E-state index contributed by atoms with van der Waals surface area (Å²) < 4.78 is 0.829. The van der Waals surface area contributed by atoms with E-state index >= 15 is 0 Å². The van der Waals surface area contributed by atoms with Crippen molar-refractivity contribution in [2.24, 2.45) is 0 Å². The van der Waals surface area contributed by atoms with E-state index < -0.39 is 12.0 Å². The quantitative estimate of drug-likeness (QED) is 0.685. The number of rotatable bonds is 6. The number of carbonyl (C=O) groups is 2. The molecule has 1 heterocycles. The number of urea groups is 1. The second-order valence-electron chi connectivity index (χ2n) is 4.29. The number of carboxylic acid groups (broad SMARTS) is 1. The minimum atomic E-state index is -0.877. The smallest absolute Gasteiger partial charge is 0.320 e. The fourth-order valence-corrected chi connectivity index (χ4v) is 2.01. The number of halogens is 1. The molecule has 3 N–H and O–H groups in total. The zero-order valence-corrected chi connectivity index (χ0v) is 12.9. The van der Waals surface area contributed by atoms with Crippen LogP contribution in [0.2, 0.25) is 0 Å². The average Bonchev–Trinajstić information content (AvgIpc) is 2.36. The van der Waals surface area contributed by atoms with E-state index in [1.54, 1.807) is 12.3 Å². The fraction of sp³-hybridized carbons (Fsp3) is 0.417. The largest absolute Gasteiger partial charge is 0.481 e. The van der Waals surface area contributed by atoms with E-state index in [1.807, 2.05) is 19.0 Å². The average molecular weight is 345 g/mol. The van der Waals surface area contributed by atoms with Gasteiger partial charge in [-0.3, -0.25) is 10.1 Å². The van der Waals surface area contributed by atoms with E-state index in [-0.39, 0.29) is 6.42 Å². The molecule has 0 bridgehead atoms. The van der Waals surface area contributed by atoms with Crippen LogP contribution in [0.25, 0.3) is 0 Å². The van der Waals surface area contributed by atoms with E-state index in [4.69, 9.17) is 5.11 Å². The summed E-state index contributed by atoms with van der Waals surface area (Å²) in [4.78, 5) is 27.9. The molecule has 0 atom stereocenters. The highest BCUT2D eigenvalue weighted by molar-refractivity contribution is 9.10. The predicted molar refractivity (Wildman–Crippen MR) is 80.2 cm³/mol. The van der Waals surface area contributed by atoms with Gasteiger partial charge in [-0.25, -0.2) is 9.78 Å². The van der Waals surface area contributed by atoms with Crippen LogP contribution in [0.4, 0.5) is 16.3 Å². The summed E-state index contributed by atoms with van der Waals surface area (Å²) in [6.07, 6.45) is 2.02. The van der Waals surface area contributed by atoms with Crippen molar-refractivity contribution < 1.29 is 14.7 Å². The number of nitrogens with zero attached hydrogens (tertiary/aromatic N) is 2. The maximum Gasteiger partial charge on any atom is 0.320 e. The first-order chi connectivity index (χ1) is 9.40. The summed E-state index contributed by atoms with van der Waals surface area (Å²) in [7, 11) is 3.77. The van der Waals surface area contributed by atoms with Crippen LogP contribution in [0.5, 0.6) is 0 Å². The highest BCUT2D eigenvalue weighted by Crippen LogP contribution is 2.25. The fourth-order valence-electron chi connectivity index (χ4n) is 1.44. The Morgan fingerprint density at radius 1 is 1.45 bits per heavy atom. The molecular formula is C12H17BrN4O3. The molecule has 1 aromatic heterocycles. The molecule has 1 aromatic rings. The third-order valence-corrected chi connectivity index (χ3v) is 3.02.